The van der Waals surface area contributed by atoms with E-state index in [1.807, 2.05) is 36.7 Å². The highest BCUT2D eigenvalue weighted by Crippen LogP contribution is 2.37. The van der Waals surface area contributed by atoms with Crippen molar-refractivity contribution in [1.29, 1.82) is 0 Å². The van der Waals surface area contributed by atoms with Crippen LogP contribution in [0.1, 0.15) is 34.1 Å². The van der Waals surface area contributed by atoms with Gasteiger partial charge in [-0.05, 0) is 56.5 Å². The number of amides is 1. The summed E-state index contributed by atoms with van der Waals surface area (Å²) in [5, 5.41) is 11.7. The number of nitrogens with zero attached hydrogens (tertiary/aromatic N) is 3. The van der Waals surface area contributed by atoms with Crippen LogP contribution < -0.4 is 10.7 Å². The van der Waals surface area contributed by atoms with E-state index < -0.39 is 0 Å². The number of anilines is 1. The van der Waals surface area contributed by atoms with Crippen LogP contribution in [0.15, 0.2) is 47.6 Å². The number of fused-ring (bicyclic) bond motifs is 1. The molecule has 0 spiro atoms. The molecular weight excluding hydrogens is 370 g/mol. The summed E-state index contributed by atoms with van der Waals surface area (Å²) in [6.07, 6.45) is 0. The van der Waals surface area contributed by atoms with Gasteiger partial charge in [-0.25, -0.2) is 4.68 Å². The van der Waals surface area contributed by atoms with Gasteiger partial charge in [-0.3, -0.25) is 4.79 Å². The van der Waals surface area contributed by atoms with E-state index in [1.54, 1.807) is 0 Å². The number of aryl methyl sites for hydroxylation is 4. The van der Waals surface area contributed by atoms with Crippen LogP contribution in [0.25, 0.3) is 0 Å². The number of carbonyl (C=O) groups is 1. The van der Waals surface area contributed by atoms with Crippen LogP contribution in [-0.4, -0.2) is 26.0 Å². The quantitative estimate of drug-likeness (QED) is 0.706. The Kier molecular flexibility index (Phi) is 4.85. The van der Waals surface area contributed by atoms with Crippen LogP contribution in [0.4, 0.5) is 5.69 Å². The minimum absolute atomic E-state index is 0.0572. The Balaban J connectivity index is 1.65. The Labute approximate surface area is 168 Å². The lowest BCUT2D eigenvalue weighted by Crippen LogP contribution is -2.41. The second-order valence-electron chi connectivity index (χ2n) is 7.21. The number of nitrogens with one attached hydrogen (secondary N) is 2. The van der Waals surface area contributed by atoms with Gasteiger partial charge in [0.2, 0.25) is 11.1 Å². The van der Waals surface area contributed by atoms with Crippen molar-refractivity contribution in [3.63, 3.8) is 0 Å². The summed E-state index contributed by atoms with van der Waals surface area (Å²) in [5.41, 5.74) is 8.82. The maximum atomic E-state index is 13.2. The van der Waals surface area contributed by atoms with Crippen LogP contribution in [0.2, 0.25) is 0 Å². The minimum Gasteiger partial charge on any atom is -0.325 e. The summed E-state index contributed by atoms with van der Waals surface area (Å²) in [4.78, 5) is 13.2. The SMILES string of the molecule is Cc1ccc([C@@H]2Nn3c(C)nnc3S[C@@H]2C(=O)Nc2ccc(C)c(C)c2)cc1. The molecular formula is C21H23N5OS. The zero-order valence-electron chi connectivity index (χ0n) is 16.4. The van der Waals surface area contributed by atoms with Gasteiger partial charge < -0.3 is 10.7 Å². The Morgan fingerprint density at radius 1 is 1.04 bits per heavy atom. The first-order valence-electron chi connectivity index (χ1n) is 9.22. The third kappa shape index (κ3) is 3.49. The summed E-state index contributed by atoms with van der Waals surface area (Å²) in [5.74, 6) is 0.714. The molecule has 2 aromatic carbocycles. The van der Waals surface area contributed by atoms with Crippen molar-refractivity contribution in [1.82, 2.24) is 14.9 Å². The van der Waals surface area contributed by atoms with Gasteiger partial charge in [-0.2, -0.15) is 0 Å². The molecule has 2 N–H and O–H groups in total. The molecule has 0 saturated carbocycles. The lowest BCUT2D eigenvalue weighted by Gasteiger charge is -2.32. The molecule has 28 heavy (non-hydrogen) atoms. The predicted molar refractivity (Wildman–Crippen MR) is 112 cm³/mol. The third-order valence-electron chi connectivity index (χ3n) is 5.07. The van der Waals surface area contributed by atoms with E-state index in [4.69, 9.17) is 0 Å². The molecule has 6 nitrogen and oxygen atoms in total. The lowest BCUT2D eigenvalue weighted by atomic mass is 10.0. The Morgan fingerprint density at radius 3 is 2.50 bits per heavy atom. The smallest absolute Gasteiger partial charge is 0.240 e. The molecule has 4 rings (SSSR count). The van der Waals surface area contributed by atoms with Gasteiger partial charge in [0.15, 0.2) is 0 Å². The maximum absolute atomic E-state index is 13.2. The molecule has 0 bridgehead atoms. The molecule has 0 unspecified atom stereocenters. The van der Waals surface area contributed by atoms with Crippen molar-refractivity contribution in [2.45, 2.75) is 44.1 Å². The second kappa shape index (κ2) is 7.31. The topological polar surface area (TPSA) is 71.8 Å². The number of rotatable bonds is 3. The third-order valence-corrected chi connectivity index (χ3v) is 6.28. The molecule has 0 aliphatic carbocycles. The molecule has 2 heterocycles. The highest BCUT2D eigenvalue weighted by molar-refractivity contribution is 8.00. The first kappa shape index (κ1) is 18.6. The second-order valence-corrected chi connectivity index (χ2v) is 8.32. The fraction of sp³-hybridized carbons (Fsp3) is 0.286. The van der Waals surface area contributed by atoms with Crippen molar-refractivity contribution < 1.29 is 4.79 Å². The maximum Gasteiger partial charge on any atom is 0.240 e. The van der Waals surface area contributed by atoms with E-state index in [2.05, 4.69) is 59.1 Å². The van der Waals surface area contributed by atoms with E-state index >= 15 is 0 Å². The summed E-state index contributed by atoms with van der Waals surface area (Å²) >= 11 is 1.43. The molecule has 0 radical (unpaired) electrons. The van der Waals surface area contributed by atoms with Crippen LogP contribution in [-0.2, 0) is 4.79 Å². The fourth-order valence-corrected chi connectivity index (χ4v) is 4.34. The van der Waals surface area contributed by atoms with Gasteiger partial charge in [0.05, 0.1) is 6.04 Å². The Morgan fingerprint density at radius 2 is 1.79 bits per heavy atom. The molecule has 1 aliphatic rings. The molecule has 2 atom stereocenters. The van der Waals surface area contributed by atoms with E-state index in [0.717, 1.165) is 22.6 Å². The molecule has 0 saturated heterocycles. The molecule has 3 aromatic rings. The average Bonchev–Trinajstić information content (AvgIpc) is 3.04. The van der Waals surface area contributed by atoms with Crippen LogP contribution in [0, 0.1) is 27.7 Å². The minimum atomic E-state index is -0.375. The molecule has 1 amide bonds. The van der Waals surface area contributed by atoms with Gasteiger partial charge >= 0.3 is 0 Å². The zero-order valence-corrected chi connectivity index (χ0v) is 17.2. The number of hydrogen-bond donors (Lipinski definition) is 2. The molecule has 0 fully saturated rings. The van der Waals surface area contributed by atoms with Crippen molar-refractivity contribution in [2.75, 3.05) is 10.7 Å². The highest BCUT2D eigenvalue weighted by Gasteiger charge is 2.37. The lowest BCUT2D eigenvalue weighted by molar-refractivity contribution is -0.116. The number of hydrogen-bond acceptors (Lipinski definition) is 5. The number of benzene rings is 2. The van der Waals surface area contributed by atoms with Crippen LogP contribution in [0.5, 0.6) is 0 Å². The van der Waals surface area contributed by atoms with Crippen LogP contribution in [0.3, 0.4) is 0 Å². The van der Waals surface area contributed by atoms with E-state index in [1.165, 1.54) is 22.9 Å². The van der Waals surface area contributed by atoms with Crippen molar-refractivity contribution in [3.8, 4) is 0 Å². The normalized spacial score (nSPS) is 18.3. The molecule has 7 heteroatoms. The molecule has 1 aliphatic heterocycles. The van der Waals surface area contributed by atoms with E-state index in [0.29, 0.717) is 5.16 Å². The van der Waals surface area contributed by atoms with Gasteiger partial charge in [0, 0.05) is 5.69 Å². The van der Waals surface area contributed by atoms with Gasteiger partial charge in [0.1, 0.15) is 11.1 Å². The van der Waals surface area contributed by atoms with Gasteiger partial charge in [-0.1, -0.05) is 47.7 Å². The average molecular weight is 394 g/mol. The summed E-state index contributed by atoms with van der Waals surface area (Å²) in [6, 6.07) is 14.0. The Hall–Kier alpha value is -2.80. The van der Waals surface area contributed by atoms with Crippen LogP contribution >= 0.6 is 11.8 Å². The van der Waals surface area contributed by atoms with Crippen molar-refractivity contribution in [3.05, 3.63) is 70.5 Å². The summed E-state index contributed by atoms with van der Waals surface area (Å²) < 4.78 is 1.86. The highest BCUT2D eigenvalue weighted by atomic mass is 32.2. The standard InChI is InChI=1S/C21H23N5OS/c1-12-5-8-16(9-6-12)18-19(28-21-24-23-15(4)26(21)25-18)20(27)22-17-10-7-13(2)14(3)11-17/h5-11,18-19,25H,1-4H3,(H,22,27)/t18-,19-/m0/s1. The van der Waals surface area contributed by atoms with E-state index in [-0.39, 0.29) is 17.2 Å². The first-order chi connectivity index (χ1) is 13.4. The van der Waals surface area contributed by atoms with Gasteiger partial charge in [0.25, 0.3) is 0 Å². The number of aromatic nitrogens is 3. The van der Waals surface area contributed by atoms with Crippen molar-refractivity contribution >= 4 is 23.4 Å². The number of thioether (sulfide) groups is 1. The monoisotopic (exact) mass is 393 g/mol. The predicted octanol–water partition coefficient (Wildman–Crippen LogP) is 3.91. The van der Waals surface area contributed by atoms with Gasteiger partial charge in [-0.15, -0.1) is 10.2 Å². The van der Waals surface area contributed by atoms with E-state index in [9.17, 15) is 4.79 Å². The largest absolute Gasteiger partial charge is 0.325 e. The Bertz CT molecular complexity index is 1030. The molecule has 144 valence electrons. The first-order valence-corrected chi connectivity index (χ1v) is 10.1. The number of carbonyl (C=O) groups excluding carboxylic acids is 1. The summed E-state index contributed by atoms with van der Waals surface area (Å²) in [6.45, 7) is 8.05. The zero-order chi connectivity index (χ0) is 19.8. The molecule has 1 aromatic heterocycles. The fourth-order valence-electron chi connectivity index (χ4n) is 3.22. The summed E-state index contributed by atoms with van der Waals surface area (Å²) in [7, 11) is 0. The van der Waals surface area contributed by atoms with Crippen molar-refractivity contribution in [2.24, 2.45) is 0 Å².